The van der Waals surface area contributed by atoms with E-state index in [-0.39, 0.29) is 6.61 Å². The van der Waals surface area contributed by atoms with E-state index in [2.05, 4.69) is 5.32 Å². The van der Waals surface area contributed by atoms with Gasteiger partial charge in [-0.15, -0.1) is 0 Å². The fourth-order valence-electron chi connectivity index (χ4n) is 2.46. The number of aryl methyl sites for hydroxylation is 1. The van der Waals surface area contributed by atoms with Gasteiger partial charge >= 0.3 is 6.09 Å². The van der Waals surface area contributed by atoms with E-state index in [4.69, 9.17) is 9.47 Å². The van der Waals surface area contributed by atoms with Crippen molar-refractivity contribution < 1.29 is 19.1 Å². The summed E-state index contributed by atoms with van der Waals surface area (Å²) in [4.78, 5) is 22.9. The number of hydrogen-bond donors (Lipinski definition) is 1. The van der Waals surface area contributed by atoms with E-state index in [9.17, 15) is 9.59 Å². The van der Waals surface area contributed by atoms with E-state index in [0.717, 1.165) is 23.0 Å². The van der Waals surface area contributed by atoms with Crippen LogP contribution in [0.4, 0.5) is 4.79 Å². The summed E-state index contributed by atoms with van der Waals surface area (Å²) in [6, 6.07) is 13.4. The number of carbonyl (C=O) groups excluding carboxylic acids is 2. The summed E-state index contributed by atoms with van der Waals surface area (Å²) in [5, 5.41) is 2.64. The molecule has 0 radical (unpaired) electrons. The van der Waals surface area contributed by atoms with Crippen molar-refractivity contribution in [1.29, 1.82) is 0 Å². The molecule has 5 nitrogen and oxygen atoms in total. The molecule has 0 spiro atoms. The number of alkyl carbamates (subject to hydrolysis) is 1. The maximum absolute atomic E-state index is 11.6. The number of hydrogen-bond acceptors (Lipinski definition) is 4. The second-order valence-corrected chi connectivity index (χ2v) is 7.00. The Balaban J connectivity index is 2.02. The average molecular weight is 355 g/mol. The number of aldehydes is 1. The molecule has 0 aliphatic heterocycles. The summed E-state index contributed by atoms with van der Waals surface area (Å²) in [5.74, 6) is 0.582. The van der Waals surface area contributed by atoms with Gasteiger partial charge in [-0.05, 0) is 62.6 Å². The molecule has 0 aliphatic carbocycles. The second kappa shape index (κ2) is 8.52. The molecule has 0 heterocycles. The Morgan fingerprint density at radius 1 is 1.15 bits per heavy atom. The molecule has 0 atom stereocenters. The molecule has 0 fully saturated rings. The molecule has 0 bridgehead atoms. The van der Waals surface area contributed by atoms with E-state index in [1.165, 1.54) is 0 Å². The van der Waals surface area contributed by atoms with Crippen LogP contribution in [0.25, 0.3) is 11.1 Å². The SMILES string of the molecule is Cc1ccccc1-c1cc(C=O)cc(OCCNC(=O)OC(C)(C)C)c1. The first kappa shape index (κ1) is 19.5. The lowest BCUT2D eigenvalue weighted by atomic mass is 9.99. The first-order valence-electron chi connectivity index (χ1n) is 8.54. The van der Waals surface area contributed by atoms with Crippen LogP contribution in [0.3, 0.4) is 0 Å². The van der Waals surface area contributed by atoms with E-state index in [1.54, 1.807) is 26.8 Å². The Bertz CT molecular complexity index is 778. The molecule has 26 heavy (non-hydrogen) atoms. The Morgan fingerprint density at radius 3 is 2.54 bits per heavy atom. The summed E-state index contributed by atoms with van der Waals surface area (Å²) in [5.41, 5.74) is 3.09. The van der Waals surface area contributed by atoms with Crippen LogP contribution in [0.2, 0.25) is 0 Å². The van der Waals surface area contributed by atoms with Crippen molar-refractivity contribution >= 4 is 12.4 Å². The van der Waals surface area contributed by atoms with E-state index in [1.807, 2.05) is 43.3 Å². The summed E-state index contributed by atoms with van der Waals surface area (Å²) in [7, 11) is 0. The number of rotatable bonds is 6. The molecule has 138 valence electrons. The lowest BCUT2D eigenvalue weighted by Gasteiger charge is -2.19. The van der Waals surface area contributed by atoms with Crippen LogP contribution in [-0.2, 0) is 4.74 Å². The van der Waals surface area contributed by atoms with Gasteiger partial charge in [-0.1, -0.05) is 24.3 Å². The molecule has 1 N–H and O–H groups in total. The Labute approximate surface area is 154 Å². The van der Waals surface area contributed by atoms with Gasteiger partial charge in [0.1, 0.15) is 24.2 Å². The molecule has 0 saturated heterocycles. The lowest BCUT2D eigenvalue weighted by molar-refractivity contribution is 0.0520. The molecule has 0 aliphatic rings. The first-order chi connectivity index (χ1) is 12.3. The third kappa shape index (κ3) is 5.92. The lowest BCUT2D eigenvalue weighted by Crippen LogP contribution is -2.34. The number of nitrogens with one attached hydrogen (secondary N) is 1. The highest BCUT2D eigenvalue weighted by atomic mass is 16.6. The number of ether oxygens (including phenoxy) is 2. The molecule has 1 amide bonds. The van der Waals surface area contributed by atoms with Crippen LogP contribution >= 0.6 is 0 Å². The second-order valence-electron chi connectivity index (χ2n) is 7.00. The number of amides is 1. The number of carbonyl (C=O) groups is 2. The minimum Gasteiger partial charge on any atom is -0.492 e. The Hall–Kier alpha value is -2.82. The van der Waals surface area contributed by atoms with Crippen molar-refractivity contribution in [1.82, 2.24) is 5.32 Å². The maximum atomic E-state index is 11.6. The summed E-state index contributed by atoms with van der Waals surface area (Å²) < 4.78 is 10.9. The normalized spacial score (nSPS) is 10.9. The zero-order valence-corrected chi connectivity index (χ0v) is 15.7. The maximum Gasteiger partial charge on any atom is 0.407 e. The monoisotopic (exact) mass is 355 g/mol. The van der Waals surface area contributed by atoms with E-state index < -0.39 is 11.7 Å². The average Bonchev–Trinajstić information content (AvgIpc) is 2.57. The molecule has 2 aromatic rings. The van der Waals surface area contributed by atoms with Crippen molar-refractivity contribution in [2.24, 2.45) is 0 Å². The molecule has 2 rings (SSSR count). The van der Waals surface area contributed by atoms with Gasteiger partial charge < -0.3 is 14.8 Å². The van der Waals surface area contributed by atoms with E-state index >= 15 is 0 Å². The highest BCUT2D eigenvalue weighted by molar-refractivity contribution is 5.81. The highest BCUT2D eigenvalue weighted by Crippen LogP contribution is 2.28. The van der Waals surface area contributed by atoms with Crippen LogP contribution in [-0.4, -0.2) is 31.1 Å². The fourth-order valence-corrected chi connectivity index (χ4v) is 2.46. The number of benzene rings is 2. The largest absolute Gasteiger partial charge is 0.492 e. The van der Waals surface area contributed by atoms with Crippen molar-refractivity contribution in [3.63, 3.8) is 0 Å². The molecule has 0 aromatic heterocycles. The molecule has 2 aromatic carbocycles. The van der Waals surface area contributed by atoms with Gasteiger partial charge in [0.05, 0.1) is 6.54 Å². The quantitative estimate of drug-likeness (QED) is 0.617. The smallest absolute Gasteiger partial charge is 0.407 e. The van der Waals surface area contributed by atoms with Crippen LogP contribution in [0.1, 0.15) is 36.7 Å². The van der Waals surface area contributed by atoms with Gasteiger partial charge in [0.15, 0.2) is 0 Å². The predicted molar refractivity (Wildman–Crippen MR) is 102 cm³/mol. The summed E-state index contributed by atoms with van der Waals surface area (Å²) >= 11 is 0. The van der Waals surface area contributed by atoms with Crippen LogP contribution < -0.4 is 10.1 Å². The molecular weight excluding hydrogens is 330 g/mol. The van der Waals surface area contributed by atoms with Crippen molar-refractivity contribution in [2.45, 2.75) is 33.3 Å². The minimum absolute atomic E-state index is 0.273. The van der Waals surface area contributed by atoms with Crippen molar-refractivity contribution in [2.75, 3.05) is 13.2 Å². The van der Waals surface area contributed by atoms with Gasteiger partial charge in [-0.2, -0.15) is 0 Å². The summed E-state index contributed by atoms with van der Waals surface area (Å²) in [6.45, 7) is 8.02. The van der Waals surface area contributed by atoms with Gasteiger partial charge in [0.2, 0.25) is 0 Å². The molecule has 0 unspecified atom stereocenters. The third-order valence-electron chi connectivity index (χ3n) is 3.56. The third-order valence-corrected chi connectivity index (χ3v) is 3.56. The van der Waals surface area contributed by atoms with Gasteiger partial charge in [-0.25, -0.2) is 4.79 Å². The first-order valence-corrected chi connectivity index (χ1v) is 8.54. The molecule has 0 saturated carbocycles. The molecular formula is C21H25NO4. The predicted octanol–water partition coefficient (Wildman–Crippen LogP) is 4.38. The minimum atomic E-state index is -0.536. The van der Waals surface area contributed by atoms with Crippen LogP contribution in [0.15, 0.2) is 42.5 Å². The van der Waals surface area contributed by atoms with Crippen molar-refractivity contribution in [3.05, 3.63) is 53.6 Å². The van der Waals surface area contributed by atoms with Crippen LogP contribution in [0, 0.1) is 6.92 Å². The Kier molecular flexibility index (Phi) is 6.39. The van der Waals surface area contributed by atoms with E-state index in [0.29, 0.717) is 17.9 Å². The standard InChI is InChI=1S/C21H25NO4/c1-15-7-5-6-8-19(15)17-11-16(14-23)12-18(13-17)25-10-9-22-20(24)26-21(2,3)4/h5-8,11-14H,9-10H2,1-4H3,(H,22,24). The van der Waals surface area contributed by atoms with Crippen molar-refractivity contribution in [3.8, 4) is 16.9 Å². The van der Waals surface area contributed by atoms with Gasteiger partial charge in [0.25, 0.3) is 0 Å². The van der Waals surface area contributed by atoms with Gasteiger partial charge in [-0.3, -0.25) is 4.79 Å². The van der Waals surface area contributed by atoms with Crippen LogP contribution in [0.5, 0.6) is 5.75 Å². The highest BCUT2D eigenvalue weighted by Gasteiger charge is 2.15. The summed E-state index contributed by atoms with van der Waals surface area (Å²) in [6.07, 6.45) is 0.316. The van der Waals surface area contributed by atoms with Gasteiger partial charge in [0, 0.05) is 5.56 Å². The Morgan fingerprint density at radius 2 is 1.88 bits per heavy atom. The zero-order valence-electron chi connectivity index (χ0n) is 15.7. The molecule has 5 heteroatoms. The fraction of sp³-hybridized carbons (Fsp3) is 0.333. The topological polar surface area (TPSA) is 64.6 Å². The zero-order chi connectivity index (χ0) is 19.2.